The molecule has 0 N–H and O–H groups in total. The molecule has 0 bridgehead atoms. The number of aldehydes is 1. The van der Waals surface area contributed by atoms with E-state index in [0.29, 0.717) is 5.92 Å². The maximum absolute atomic E-state index is 10.5. The second-order valence-electron chi connectivity index (χ2n) is 3.66. The van der Waals surface area contributed by atoms with Crippen LogP contribution in [0.15, 0.2) is 30.3 Å². The van der Waals surface area contributed by atoms with Crippen molar-refractivity contribution in [2.45, 2.75) is 20.3 Å². The second kappa shape index (κ2) is 4.80. The first-order valence-corrected chi connectivity index (χ1v) is 4.73. The normalized spacial score (nSPS) is 14.9. The van der Waals surface area contributed by atoms with Crippen LogP contribution in [0.25, 0.3) is 0 Å². The Hall–Kier alpha value is -1.11. The fourth-order valence-corrected chi connectivity index (χ4v) is 1.31. The molecule has 0 amide bonds. The molecule has 0 saturated carbocycles. The number of carbonyl (C=O) groups excluding carboxylic acids is 1. The van der Waals surface area contributed by atoms with E-state index in [0.717, 1.165) is 12.7 Å². The van der Waals surface area contributed by atoms with Gasteiger partial charge in [-0.05, 0) is 17.9 Å². The fourth-order valence-electron chi connectivity index (χ4n) is 1.31. The summed E-state index contributed by atoms with van der Waals surface area (Å²) in [5.41, 5.74) is 1.31. The van der Waals surface area contributed by atoms with Gasteiger partial charge in [0.2, 0.25) is 0 Å². The van der Waals surface area contributed by atoms with Gasteiger partial charge in [-0.1, -0.05) is 44.2 Å². The first kappa shape index (κ1) is 9.97. The van der Waals surface area contributed by atoms with Gasteiger partial charge >= 0.3 is 0 Å². The summed E-state index contributed by atoms with van der Waals surface area (Å²) in [7, 11) is 0. The number of hydrogen-bond acceptors (Lipinski definition) is 1. The molecule has 0 aliphatic rings. The minimum atomic E-state index is 0.153. The van der Waals surface area contributed by atoms with Crippen molar-refractivity contribution in [2.24, 2.45) is 11.8 Å². The fraction of sp³-hybridized carbons (Fsp3) is 0.417. The summed E-state index contributed by atoms with van der Waals surface area (Å²) in [5, 5.41) is 0. The molecule has 0 radical (unpaired) electrons. The van der Waals surface area contributed by atoms with Crippen molar-refractivity contribution in [3.63, 3.8) is 0 Å². The van der Waals surface area contributed by atoms with Crippen LogP contribution in [0.4, 0.5) is 0 Å². The molecule has 1 rings (SSSR count). The summed E-state index contributed by atoms with van der Waals surface area (Å²) < 4.78 is 0. The third kappa shape index (κ3) is 3.02. The molecule has 70 valence electrons. The highest BCUT2D eigenvalue weighted by Crippen LogP contribution is 2.14. The first-order chi connectivity index (χ1) is 6.24. The molecule has 1 aromatic rings. The zero-order chi connectivity index (χ0) is 9.68. The molecule has 0 aliphatic heterocycles. The van der Waals surface area contributed by atoms with Crippen LogP contribution in [-0.2, 0) is 11.2 Å². The summed E-state index contributed by atoms with van der Waals surface area (Å²) in [6.07, 6.45) is 2.02. The monoisotopic (exact) mass is 176 g/mol. The van der Waals surface area contributed by atoms with E-state index in [1.165, 1.54) is 5.56 Å². The van der Waals surface area contributed by atoms with Crippen LogP contribution in [0.3, 0.4) is 0 Å². The molecule has 2 unspecified atom stereocenters. The Balaban J connectivity index is 2.54. The van der Waals surface area contributed by atoms with Gasteiger partial charge in [0.05, 0.1) is 0 Å². The highest BCUT2D eigenvalue weighted by atomic mass is 16.1. The minimum absolute atomic E-state index is 0.153. The van der Waals surface area contributed by atoms with E-state index in [2.05, 4.69) is 19.1 Å². The van der Waals surface area contributed by atoms with Crippen molar-refractivity contribution in [1.82, 2.24) is 0 Å². The lowest BCUT2D eigenvalue weighted by Crippen LogP contribution is -2.11. The van der Waals surface area contributed by atoms with E-state index in [4.69, 9.17) is 0 Å². The lowest BCUT2D eigenvalue weighted by atomic mass is 9.91. The Morgan fingerprint density at radius 1 is 1.23 bits per heavy atom. The molecule has 2 atom stereocenters. The average molecular weight is 176 g/mol. The zero-order valence-electron chi connectivity index (χ0n) is 8.23. The van der Waals surface area contributed by atoms with Gasteiger partial charge in [-0.3, -0.25) is 0 Å². The molecule has 0 heterocycles. The molecule has 0 fully saturated rings. The Labute approximate surface area is 79.8 Å². The largest absolute Gasteiger partial charge is 0.303 e. The van der Waals surface area contributed by atoms with Gasteiger partial charge in [0.1, 0.15) is 6.29 Å². The van der Waals surface area contributed by atoms with E-state index in [-0.39, 0.29) is 5.92 Å². The molecule has 0 spiro atoms. The van der Waals surface area contributed by atoms with Crippen LogP contribution in [0, 0.1) is 11.8 Å². The minimum Gasteiger partial charge on any atom is -0.303 e. The highest BCUT2D eigenvalue weighted by molar-refractivity contribution is 5.53. The highest BCUT2D eigenvalue weighted by Gasteiger charge is 2.10. The van der Waals surface area contributed by atoms with Gasteiger partial charge in [-0.2, -0.15) is 0 Å². The summed E-state index contributed by atoms with van der Waals surface area (Å²) >= 11 is 0. The van der Waals surface area contributed by atoms with Crippen LogP contribution in [0.1, 0.15) is 19.4 Å². The molecular formula is C12H16O. The Bertz CT molecular complexity index is 253. The third-order valence-corrected chi connectivity index (χ3v) is 2.51. The zero-order valence-corrected chi connectivity index (χ0v) is 8.23. The van der Waals surface area contributed by atoms with Crippen LogP contribution in [0.2, 0.25) is 0 Å². The topological polar surface area (TPSA) is 17.1 Å². The predicted octanol–water partition coefficient (Wildman–Crippen LogP) is 2.70. The quantitative estimate of drug-likeness (QED) is 0.645. The van der Waals surface area contributed by atoms with Crippen molar-refractivity contribution in [1.29, 1.82) is 0 Å². The van der Waals surface area contributed by atoms with Gasteiger partial charge in [0, 0.05) is 5.92 Å². The molecule has 1 aromatic carbocycles. The maximum Gasteiger partial charge on any atom is 0.123 e. The van der Waals surface area contributed by atoms with E-state index in [9.17, 15) is 4.79 Å². The van der Waals surface area contributed by atoms with E-state index < -0.39 is 0 Å². The standard InChI is InChI=1S/C12H16O/c1-10(11(2)9-13)8-12-6-4-3-5-7-12/h3-7,9-11H,8H2,1-2H3. The number of rotatable bonds is 4. The number of hydrogen-bond donors (Lipinski definition) is 0. The molecule has 0 aliphatic carbocycles. The Morgan fingerprint density at radius 2 is 1.85 bits per heavy atom. The van der Waals surface area contributed by atoms with Crippen LogP contribution in [-0.4, -0.2) is 6.29 Å². The molecule has 0 aromatic heterocycles. The Kier molecular flexibility index (Phi) is 3.69. The van der Waals surface area contributed by atoms with Crippen molar-refractivity contribution >= 4 is 6.29 Å². The summed E-state index contributed by atoms with van der Waals surface area (Å²) in [6, 6.07) is 10.3. The summed E-state index contributed by atoms with van der Waals surface area (Å²) in [6.45, 7) is 4.09. The summed E-state index contributed by atoms with van der Waals surface area (Å²) in [5.74, 6) is 0.583. The van der Waals surface area contributed by atoms with Crippen LogP contribution < -0.4 is 0 Å². The van der Waals surface area contributed by atoms with Crippen LogP contribution >= 0.6 is 0 Å². The van der Waals surface area contributed by atoms with E-state index >= 15 is 0 Å². The molecular weight excluding hydrogens is 160 g/mol. The van der Waals surface area contributed by atoms with Gasteiger partial charge in [-0.15, -0.1) is 0 Å². The average Bonchev–Trinajstić information content (AvgIpc) is 2.18. The van der Waals surface area contributed by atoms with Gasteiger partial charge in [0.25, 0.3) is 0 Å². The lowest BCUT2D eigenvalue weighted by molar-refractivity contribution is -0.111. The van der Waals surface area contributed by atoms with Crippen molar-refractivity contribution in [3.8, 4) is 0 Å². The lowest BCUT2D eigenvalue weighted by Gasteiger charge is -2.13. The molecule has 1 heteroatoms. The van der Waals surface area contributed by atoms with E-state index in [1.807, 2.05) is 25.1 Å². The third-order valence-electron chi connectivity index (χ3n) is 2.51. The van der Waals surface area contributed by atoms with Gasteiger partial charge in [0.15, 0.2) is 0 Å². The first-order valence-electron chi connectivity index (χ1n) is 4.73. The molecule has 0 saturated heterocycles. The number of benzene rings is 1. The molecule has 13 heavy (non-hydrogen) atoms. The molecule has 1 nitrogen and oxygen atoms in total. The van der Waals surface area contributed by atoms with Crippen LogP contribution in [0.5, 0.6) is 0 Å². The SMILES string of the molecule is CC(C=O)C(C)Cc1ccccc1. The van der Waals surface area contributed by atoms with Gasteiger partial charge in [-0.25, -0.2) is 0 Å². The number of carbonyl (C=O) groups is 1. The second-order valence-corrected chi connectivity index (χ2v) is 3.66. The van der Waals surface area contributed by atoms with Gasteiger partial charge < -0.3 is 4.79 Å². The van der Waals surface area contributed by atoms with Crippen molar-refractivity contribution < 1.29 is 4.79 Å². The van der Waals surface area contributed by atoms with Crippen molar-refractivity contribution in [2.75, 3.05) is 0 Å². The maximum atomic E-state index is 10.5. The predicted molar refractivity (Wildman–Crippen MR) is 54.5 cm³/mol. The van der Waals surface area contributed by atoms with Crippen molar-refractivity contribution in [3.05, 3.63) is 35.9 Å². The smallest absolute Gasteiger partial charge is 0.123 e. The Morgan fingerprint density at radius 3 is 2.38 bits per heavy atom. The van der Waals surface area contributed by atoms with E-state index in [1.54, 1.807) is 0 Å². The summed E-state index contributed by atoms with van der Waals surface area (Å²) in [4.78, 5) is 10.5.